The monoisotopic (exact) mass is 412 g/mol. The first-order valence-electron chi connectivity index (χ1n) is 11.5. The van der Waals surface area contributed by atoms with Crippen molar-refractivity contribution in [3.05, 3.63) is 0 Å². The summed E-state index contributed by atoms with van der Waals surface area (Å²) in [7, 11) is 0. The summed E-state index contributed by atoms with van der Waals surface area (Å²) in [6.45, 7) is 7.46. The lowest BCUT2D eigenvalue weighted by Gasteiger charge is -2.44. The molecule has 29 heavy (non-hydrogen) atoms. The Morgan fingerprint density at radius 1 is 0.793 bits per heavy atom. The number of esters is 3. The third-order valence-electron chi connectivity index (χ3n) is 5.66. The van der Waals surface area contributed by atoms with E-state index >= 15 is 0 Å². The molecule has 3 unspecified atom stereocenters. The average Bonchev–Trinajstić information content (AvgIpc) is 2.72. The normalized spacial score (nSPS) is 24.0. The fraction of sp³-hybridized carbons (Fsp3) is 0.870. The molecule has 3 atom stereocenters. The van der Waals surface area contributed by atoms with E-state index in [2.05, 4.69) is 6.92 Å². The van der Waals surface area contributed by atoms with Gasteiger partial charge in [0.05, 0.1) is 0 Å². The van der Waals surface area contributed by atoms with Gasteiger partial charge in [-0.1, -0.05) is 59.8 Å². The molecule has 168 valence electrons. The summed E-state index contributed by atoms with van der Waals surface area (Å²) in [5.41, 5.74) is -0.822. The van der Waals surface area contributed by atoms with Crippen molar-refractivity contribution in [1.29, 1.82) is 0 Å². The molecule has 0 aromatic heterocycles. The minimum Gasteiger partial charge on any atom is -0.462 e. The number of rotatable bonds is 13. The van der Waals surface area contributed by atoms with Gasteiger partial charge in [0, 0.05) is 25.7 Å². The van der Waals surface area contributed by atoms with Crippen molar-refractivity contribution in [2.45, 2.75) is 129 Å². The molecule has 0 aromatic rings. The highest BCUT2D eigenvalue weighted by Gasteiger charge is 2.49. The predicted molar refractivity (Wildman–Crippen MR) is 111 cm³/mol. The highest BCUT2D eigenvalue weighted by molar-refractivity contribution is 5.71. The molecule has 1 saturated carbocycles. The van der Waals surface area contributed by atoms with Crippen LogP contribution in [0.5, 0.6) is 0 Å². The van der Waals surface area contributed by atoms with Crippen LogP contribution in [0.2, 0.25) is 0 Å². The molecule has 0 aliphatic heterocycles. The first-order chi connectivity index (χ1) is 13.9. The van der Waals surface area contributed by atoms with Gasteiger partial charge in [0.2, 0.25) is 0 Å². The summed E-state index contributed by atoms with van der Waals surface area (Å²) < 4.78 is 17.2. The number of unbranched alkanes of at least 4 members (excludes halogenated alkanes) is 5. The van der Waals surface area contributed by atoms with Gasteiger partial charge in [-0.3, -0.25) is 14.4 Å². The molecule has 0 amide bonds. The van der Waals surface area contributed by atoms with Crippen LogP contribution in [0.4, 0.5) is 0 Å². The highest BCUT2D eigenvalue weighted by Crippen LogP contribution is 2.40. The van der Waals surface area contributed by atoms with Crippen LogP contribution in [0.25, 0.3) is 0 Å². The van der Waals surface area contributed by atoms with Crippen molar-refractivity contribution in [3.63, 3.8) is 0 Å². The molecule has 0 aromatic carbocycles. The Morgan fingerprint density at radius 3 is 2.00 bits per heavy atom. The molecule has 1 fully saturated rings. The minimum absolute atomic E-state index is 0.255. The summed E-state index contributed by atoms with van der Waals surface area (Å²) in [6, 6.07) is 0. The van der Waals surface area contributed by atoms with E-state index < -0.39 is 11.7 Å². The van der Waals surface area contributed by atoms with Crippen molar-refractivity contribution >= 4 is 17.9 Å². The maximum Gasteiger partial charge on any atom is 0.306 e. The zero-order valence-corrected chi connectivity index (χ0v) is 18.8. The van der Waals surface area contributed by atoms with Crippen molar-refractivity contribution in [2.75, 3.05) is 0 Å². The van der Waals surface area contributed by atoms with Crippen molar-refractivity contribution in [2.24, 2.45) is 0 Å². The van der Waals surface area contributed by atoms with Gasteiger partial charge in [0.25, 0.3) is 0 Å². The molecule has 0 saturated heterocycles. The standard InChI is InChI=1S/C23H40O6/c1-5-9-10-11-12-13-15-23(29-22(26)8-4)16-14-18(27-20(24)6-2)17-19(23)28-21(25)7-3/h18-19H,5-17H2,1-4H3. The van der Waals surface area contributed by atoms with Crippen molar-refractivity contribution in [3.8, 4) is 0 Å². The first-order valence-corrected chi connectivity index (χ1v) is 11.5. The average molecular weight is 413 g/mol. The maximum absolute atomic E-state index is 12.2. The lowest BCUT2D eigenvalue weighted by Crippen LogP contribution is -2.54. The summed E-state index contributed by atoms with van der Waals surface area (Å²) in [6.07, 6.45) is 8.93. The van der Waals surface area contributed by atoms with Crippen LogP contribution in [-0.4, -0.2) is 35.7 Å². The third-order valence-corrected chi connectivity index (χ3v) is 5.66. The Bertz CT molecular complexity index is 517. The minimum atomic E-state index is -0.822. The summed E-state index contributed by atoms with van der Waals surface area (Å²) in [4.78, 5) is 36.0. The molecular weight excluding hydrogens is 372 g/mol. The quantitative estimate of drug-likeness (QED) is 0.233. The molecule has 1 aliphatic carbocycles. The fourth-order valence-corrected chi connectivity index (χ4v) is 3.87. The summed E-state index contributed by atoms with van der Waals surface area (Å²) in [5, 5.41) is 0. The van der Waals surface area contributed by atoms with E-state index in [4.69, 9.17) is 14.2 Å². The Labute approximate surface area is 176 Å². The summed E-state index contributed by atoms with van der Waals surface area (Å²) >= 11 is 0. The zero-order chi connectivity index (χ0) is 21.7. The van der Waals surface area contributed by atoms with Crippen molar-refractivity contribution in [1.82, 2.24) is 0 Å². The van der Waals surface area contributed by atoms with Gasteiger partial charge in [-0.05, 0) is 25.7 Å². The summed E-state index contributed by atoms with van der Waals surface area (Å²) in [5.74, 6) is -0.862. The second-order valence-electron chi connectivity index (χ2n) is 7.98. The van der Waals surface area contributed by atoms with Crippen LogP contribution >= 0.6 is 0 Å². The van der Waals surface area contributed by atoms with E-state index in [1.165, 1.54) is 19.3 Å². The largest absolute Gasteiger partial charge is 0.462 e. The van der Waals surface area contributed by atoms with Gasteiger partial charge in [-0.25, -0.2) is 0 Å². The predicted octanol–water partition coefficient (Wildman–Crippen LogP) is 5.26. The molecule has 0 bridgehead atoms. The first kappa shape index (κ1) is 25.4. The van der Waals surface area contributed by atoms with Crippen LogP contribution in [0, 0.1) is 0 Å². The molecule has 6 nitrogen and oxygen atoms in total. The fourth-order valence-electron chi connectivity index (χ4n) is 3.87. The Kier molecular flexibility index (Phi) is 11.9. The molecule has 0 N–H and O–H groups in total. The van der Waals surface area contributed by atoms with Gasteiger partial charge in [-0.2, -0.15) is 0 Å². The van der Waals surface area contributed by atoms with E-state index in [0.717, 1.165) is 19.3 Å². The number of carbonyl (C=O) groups excluding carboxylic acids is 3. The number of hydrogen-bond donors (Lipinski definition) is 0. The number of carbonyl (C=O) groups is 3. The van der Waals surface area contributed by atoms with Crippen molar-refractivity contribution < 1.29 is 28.6 Å². The number of hydrogen-bond acceptors (Lipinski definition) is 6. The van der Waals surface area contributed by atoms with Gasteiger partial charge >= 0.3 is 17.9 Å². The molecule has 6 heteroatoms. The van der Waals surface area contributed by atoms with Gasteiger partial charge < -0.3 is 14.2 Å². The van der Waals surface area contributed by atoms with E-state index in [0.29, 0.717) is 32.1 Å². The molecule has 0 spiro atoms. The maximum atomic E-state index is 12.2. The molecule has 0 radical (unpaired) electrons. The number of ether oxygens (including phenoxy) is 3. The van der Waals surface area contributed by atoms with E-state index in [-0.39, 0.29) is 36.9 Å². The van der Waals surface area contributed by atoms with E-state index in [1.807, 2.05) is 0 Å². The zero-order valence-electron chi connectivity index (χ0n) is 18.8. The van der Waals surface area contributed by atoms with Crippen LogP contribution in [-0.2, 0) is 28.6 Å². The lowest BCUT2D eigenvalue weighted by molar-refractivity contribution is -0.205. The van der Waals surface area contributed by atoms with Gasteiger partial charge in [-0.15, -0.1) is 0 Å². The van der Waals surface area contributed by atoms with Crippen LogP contribution < -0.4 is 0 Å². The van der Waals surface area contributed by atoms with Crippen LogP contribution in [0.1, 0.15) is 111 Å². The topological polar surface area (TPSA) is 78.9 Å². The Balaban J connectivity index is 2.91. The smallest absolute Gasteiger partial charge is 0.306 e. The second kappa shape index (κ2) is 13.6. The SMILES string of the molecule is CCCCCCCCC1(OC(=O)CC)CCC(OC(=O)CC)CC1OC(=O)CC. The third kappa shape index (κ3) is 8.75. The van der Waals surface area contributed by atoms with Gasteiger partial charge in [0.1, 0.15) is 17.8 Å². The van der Waals surface area contributed by atoms with Crippen LogP contribution in [0.15, 0.2) is 0 Å². The Hall–Kier alpha value is -1.59. The van der Waals surface area contributed by atoms with E-state index in [9.17, 15) is 14.4 Å². The molecule has 1 rings (SSSR count). The molecule has 1 aliphatic rings. The lowest BCUT2D eigenvalue weighted by atomic mass is 9.77. The highest BCUT2D eigenvalue weighted by atomic mass is 16.6. The molecular formula is C23H40O6. The molecule has 0 heterocycles. The Morgan fingerprint density at radius 2 is 1.38 bits per heavy atom. The van der Waals surface area contributed by atoms with E-state index in [1.54, 1.807) is 20.8 Å². The van der Waals surface area contributed by atoms with Crippen LogP contribution in [0.3, 0.4) is 0 Å². The van der Waals surface area contributed by atoms with Gasteiger partial charge in [0.15, 0.2) is 0 Å². The second-order valence-corrected chi connectivity index (χ2v) is 7.98.